The van der Waals surface area contributed by atoms with Crippen molar-refractivity contribution in [3.63, 3.8) is 0 Å². The lowest BCUT2D eigenvalue weighted by Gasteiger charge is -2.12. The molecule has 1 N–H and O–H groups in total. The Hall–Kier alpha value is -3.09. The maximum absolute atomic E-state index is 11.9. The molecule has 7 heteroatoms. The summed E-state index contributed by atoms with van der Waals surface area (Å²) in [6, 6.07) is 11.4. The summed E-state index contributed by atoms with van der Waals surface area (Å²) in [5, 5.41) is 13.9. The molecule has 2 aromatic carbocycles. The second-order valence-electron chi connectivity index (χ2n) is 6.01. The van der Waals surface area contributed by atoms with E-state index in [1.54, 1.807) is 31.4 Å². The van der Waals surface area contributed by atoms with Crippen molar-refractivity contribution in [3.8, 4) is 22.6 Å². The molecule has 0 bridgehead atoms. The first-order valence-electron chi connectivity index (χ1n) is 8.87. The molecule has 1 amide bonds. The number of amides is 1. The van der Waals surface area contributed by atoms with E-state index in [2.05, 4.69) is 12.2 Å². The molecule has 0 fully saturated rings. The molecular weight excluding hydrogens is 348 g/mol. The van der Waals surface area contributed by atoms with Crippen LogP contribution < -0.4 is 14.8 Å². The third kappa shape index (κ3) is 5.99. The molecule has 2 aromatic rings. The van der Waals surface area contributed by atoms with Gasteiger partial charge in [-0.2, -0.15) is 0 Å². The molecule has 0 saturated carbocycles. The highest BCUT2D eigenvalue weighted by Gasteiger charge is 2.15. The van der Waals surface area contributed by atoms with Crippen LogP contribution in [0.2, 0.25) is 0 Å². The first-order valence-corrected chi connectivity index (χ1v) is 8.87. The Labute approximate surface area is 158 Å². The minimum atomic E-state index is -0.461. The summed E-state index contributed by atoms with van der Waals surface area (Å²) in [5.74, 6) is 0.873. The Balaban J connectivity index is 2.14. The molecule has 0 aliphatic heterocycles. The van der Waals surface area contributed by atoms with Crippen molar-refractivity contribution in [2.75, 3.05) is 20.3 Å². The number of methoxy groups -OCH3 is 1. The molecule has 0 saturated heterocycles. The fourth-order valence-corrected chi connectivity index (χ4v) is 2.55. The van der Waals surface area contributed by atoms with Gasteiger partial charge in [-0.15, -0.1) is 0 Å². The van der Waals surface area contributed by atoms with Crippen LogP contribution in [0.4, 0.5) is 5.69 Å². The van der Waals surface area contributed by atoms with E-state index in [4.69, 9.17) is 9.47 Å². The maximum atomic E-state index is 11.9. The minimum Gasteiger partial charge on any atom is -0.497 e. The number of nitro benzene ring substituents is 1. The number of unbranched alkanes of at least 4 members (excludes halogenated alkanes) is 2. The number of carbonyl (C=O) groups is 1. The first kappa shape index (κ1) is 20.2. The molecule has 27 heavy (non-hydrogen) atoms. The zero-order valence-electron chi connectivity index (χ0n) is 15.6. The lowest BCUT2D eigenvalue weighted by atomic mass is 10.0. The van der Waals surface area contributed by atoms with Crippen LogP contribution in [0.5, 0.6) is 11.5 Å². The molecule has 0 aliphatic rings. The Bertz CT molecular complexity index is 774. The number of nitrogens with zero attached hydrogens (tertiary/aromatic N) is 1. The normalized spacial score (nSPS) is 10.3. The molecule has 2 rings (SSSR count). The number of nitro groups is 1. The summed E-state index contributed by atoms with van der Waals surface area (Å²) in [6.07, 6.45) is 3.07. The summed E-state index contributed by atoms with van der Waals surface area (Å²) < 4.78 is 10.8. The number of hydrogen-bond donors (Lipinski definition) is 1. The fraction of sp³-hybridized carbons (Fsp3) is 0.350. The molecule has 0 atom stereocenters. The van der Waals surface area contributed by atoms with Gasteiger partial charge >= 0.3 is 0 Å². The quantitative estimate of drug-likeness (QED) is 0.387. The van der Waals surface area contributed by atoms with E-state index in [0.717, 1.165) is 24.8 Å². The third-order valence-corrected chi connectivity index (χ3v) is 4.04. The van der Waals surface area contributed by atoms with Crippen LogP contribution in [-0.4, -0.2) is 31.1 Å². The van der Waals surface area contributed by atoms with Crippen LogP contribution in [0.25, 0.3) is 11.1 Å². The monoisotopic (exact) mass is 372 g/mol. The Morgan fingerprint density at radius 2 is 1.89 bits per heavy atom. The largest absolute Gasteiger partial charge is 0.497 e. The van der Waals surface area contributed by atoms with Gasteiger partial charge in [-0.05, 0) is 30.2 Å². The van der Waals surface area contributed by atoms with E-state index in [-0.39, 0.29) is 18.2 Å². The SMILES string of the molecule is CCCCCNC(=O)COc1ccc([N+](=O)[O-])cc1-c1ccc(OC)cc1. The van der Waals surface area contributed by atoms with Gasteiger partial charge in [0.1, 0.15) is 11.5 Å². The van der Waals surface area contributed by atoms with E-state index < -0.39 is 4.92 Å². The average Bonchev–Trinajstić information content (AvgIpc) is 2.69. The second-order valence-corrected chi connectivity index (χ2v) is 6.01. The van der Waals surface area contributed by atoms with Crippen molar-refractivity contribution in [1.82, 2.24) is 5.32 Å². The first-order chi connectivity index (χ1) is 13.0. The number of carbonyl (C=O) groups excluding carboxylic acids is 1. The van der Waals surface area contributed by atoms with Crippen LogP contribution >= 0.6 is 0 Å². The second kappa shape index (κ2) is 10.2. The molecule has 0 radical (unpaired) electrons. The number of hydrogen-bond acceptors (Lipinski definition) is 5. The Kier molecular flexibility index (Phi) is 7.61. The van der Waals surface area contributed by atoms with Crippen LogP contribution in [-0.2, 0) is 4.79 Å². The standard InChI is InChI=1S/C20H24N2O5/c1-3-4-5-12-21-20(23)14-27-19-11-8-16(22(24)25)13-18(19)15-6-9-17(26-2)10-7-15/h6-11,13H,3-5,12,14H2,1-2H3,(H,21,23). The number of non-ortho nitro benzene ring substituents is 1. The summed E-state index contributed by atoms with van der Waals surface area (Å²) in [6.45, 7) is 2.56. The average molecular weight is 372 g/mol. The minimum absolute atomic E-state index is 0.0443. The van der Waals surface area contributed by atoms with E-state index in [0.29, 0.717) is 23.6 Å². The predicted octanol–water partition coefficient (Wildman–Crippen LogP) is 3.96. The molecule has 144 valence electrons. The Morgan fingerprint density at radius 3 is 2.52 bits per heavy atom. The van der Waals surface area contributed by atoms with Gasteiger partial charge in [0.05, 0.1) is 12.0 Å². The van der Waals surface area contributed by atoms with Gasteiger partial charge in [-0.25, -0.2) is 0 Å². The lowest BCUT2D eigenvalue weighted by molar-refractivity contribution is -0.384. The maximum Gasteiger partial charge on any atom is 0.270 e. The van der Waals surface area contributed by atoms with Gasteiger partial charge in [-0.3, -0.25) is 14.9 Å². The van der Waals surface area contributed by atoms with Gasteiger partial charge in [0.2, 0.25) is 0 Å². The van der Waals surface area contributed by atoms with Crippen LogP contribution in [0.15, 0.2) is 42.5 Å². The molecular formula is C20H24N2O5. The van der Waals surface area contributed by atoms with Crippen LogP contribution in [0.3, 0.4) is 0 Å². The number of nitrogens with one attached hydrogen (secondary N) is 1. The zero-order valence-corrected chi connectivity index (χ0v) is 15.6. The summed E-state index contributed by atoms with van der Waals surface area (Å²) in [7, 11) is 1.57. The highest BCUT2D eigenvalue weighted by Crippen LogP contribution is 2.34. The van der Waals surface area contributed by atoms with Gasteiger partial charge in [0.25, 0.3) is 11.6 Å². The van der Waals surface area contributed by atoms with Crippen molar-refractivity contribution < 1.29 is 19.2 Å². The van der Waals surface area contributed by atoms with Gasteiger partial charge < -0.3 is 14.8 Å². The molecule has 0 heterocycles. The molecule has 0 aliphatic carbocycles. The molecule has 0 spiro atoms. The summed E-state index contributed by atoms with van der Waals surface area (Å²) >= 11 is 0. The highest BCUT2D eigenvalue weighted by atomic mass is 16.6. The summed E-state index contributed by atoms with van der Waals surface area (Å²) in [5.41, 5.74) is 1.24. The third-order valence-electron chi connectivity index (χ3n) is 4.04. The highest BCUT2D eigenvalue weighted by molar-refractivity contribution is 5.78. The predicted molar refractivity (Wildman–Crippen MR) is 103 cm³/mol. The fourth-order valence-electron chi connectivity index (χ4n) is 2.55. The smallest absolute Gasteiger partial charge is 0.270 e. The molecule has 0 unspecified atom stereocenters. The van der Waals surface area contributed by atoms with Crippen LogP contribution in [0.1, 0.15) is 26.2 Å². The number of benzene rings is 2. The van der Waals surface area contributed by atoms with E-state index in [1.165, 1.54) is 18.2 Å². The van der Waals surface area contributed by atoms with E-state index in [9.17, 15) is 14.9 Å². The number of ether oxygens (including phenoxy) is 2. The van der Waals surface area contributed by atoms with Crippen molar-refractivity contribution in [3.05, 3.63) is 52.6 Å². The van der Waals surface area contributed by atoms with E-state index in [1.807, 2.05) is 0 Å². The topological polar surface area (TPSA) is 90.7 Å². The van der Waals surface area contributed by atoms with Crippen molar-refractivity contribution >= 4 is 11.6 Å². The van der Waals surface area contributed by atoms with Gasteiger partial charge in [0.15, 0.2) is 6.61 Å². The van der Waals surface area contributed by atoms with Gasteiger partial charge in [-0.1, -0.05) is 31.9 Å². The molecule has 0 aromatic heterocycles. The van der Waals surface area contributed by atoms with Crippen molar-refractivity contribution in [2.45, 2.75) is 26.2 Å². The van der Waals surface area contributed by atoms with E-state index >= 15 is 0 Å². The van der Waals surface area contributed by atoms with Crippen molar-refractivity contribution in [2.24, 2.45) is 0 Å². The zero-order chi connectivity index (χ0) is 19.6. The van der Waals surface area contributed by atoms with Gasteiger partial charge in [0, 0.05) is 24.2 Å². The van der Waals surface area contributed by atoms with Crippen molar-refractivity contribution in [1.29, 1.82) is 0 Å². The Morgan fingerprint density at radius 1 is 1.15 bits per heavy atom. The number of rotatable bonds is 10. The molecule has 7 nitrogen and oxygen atoms in total. The summed E-state index contributed by atoms with van der Waals surface area (Å²) in [4.78, 5) is 22.6. The lowest BCUT2D eigenvalue weighted by Crippen LogP contribution is -2.29. The van der Waals surface area contributed by atoms with Crippen LogP contribution in [0, 0.1) is 10.1 Å².